The van der Waals surface area contributed by atoms with Crippen LogP contribution in [0.4, 0.5) is 0 Å². The Hall–Kier alpha value is -1.26. The Kier molecular flexibility index (Phi) is 5.25. The van der Waals surface area contributed by atoms with E-state index in [1.807, 2.05) is 0 Å². The first-order chi connectivity index (χ1) is 8.06. The zero-order valence-electron chi connectivity index (χ0n) is 10.6. The van der Waals surface area contributed by atoms with E-state index in [1.165, 1.54) is 6.07 Å². The minimum atomic E-state index is -0.0860. The number of hydrogen-bond donors (Lipinski definition) is 3. The van der Waals surface area contributed by atoms with Crippen LogP contribution in [0, 0.1) is 5.92 Å². The lowest BCUT2D eigenvalue weighted by molar-refractivity contribution is 0.146. The number of nitrogens with one attached hydrogen (secondary N) is 1. The minimum Gasteiger partial charge on any atom is -0.504 e. The summed E-state index contributed by atoms with van der Waals surface area (Å²) in [6.45, 7) is 5.35. The maximum absolute atomic E-state index is 9.66. The van der Waals surface area contributed by atoms with Crippen molar-refractivity contribution in [3.05, 3.63) is 23.8 Å². The van der Waals surface area contributed by atoms with Gasteiger partial charge in [-0.25, -0.2) is 0 Å². The highest BCUT2D eigenvalue weighted by molar-refractivity contribution is 5.44. The Morgan fingerprint density at radius 2 is 2.00 bits per heavy atom. The average molecular weight is 239 g/mol. The molecule has 0 saturated heterocycles. The summed E-state index contributed by atoms with van der Waals surface area (Å²) >= 11 is 0. The molecule has 0 fully saturated rings. The van der Waals surface area contributed by atoms with Crippen molar-refractivity contribution < 1.29 is 14.9 Å². The summed E-state index contributed by atoms with van der Waals surface area (Å²) in [5.74, 6) is 0.298. The van der Waals surface area contributed by atoms with Gasteiger partial charge in [0.05, 0.1) is 6.61 Å². The second-order valence-corrected chi connectivity index (χ2v) is 4.47. The SMILES string of the molecule is COCC(NCc1cccc(O)c1O)C(C)C. The lowest BCUT2D eigenvalue weighted by Gasteiger charge is -2.21. The number of para-hydroxylation sites is 1. The number of phenols is 2. The molecule has 1 aromatic rings. The Morgan fingerprint density at radius 1 is 1.29 bits per heavy atom. The first kappa shape index (κ1) is 13.8. The van der Waals surface area contributed by atoms with Crippen LogP contribution in [0.3, 0.4) is 0 Å². The monoisotopic (exact) mass is 239 g/mol. The Labute approximate surface area is 102 Å². The predicted molar refractivity (Wildman–Crippen MR) is 67.1 cm³/mol. The van der Waals surface area contributed by atoms with Gasteiger partial charge in [-0.1, -0.05) is 26.0 Å². The Balaban J connectivity index is 2.62. The van der Waals surface area contributed by atoms with Crippen LogP contribution in [0.15, 0.2) is 18.2 Å². The van der Waals surface area contributed by atoms with Crippen LogP contribution >= 0.6 is 0 Å². The third-order valence-corrected chi connectivity index (χ3v) is 2.80. The molecule has 3 N–H and O–H groups in total. The van der Waals surface area contributed by atoms with E-state index in [9.17, 15) is 10.2 Å². The predicted octanol–water partition coefficient (Wildman–Crippen LogP) is 1.86. The van der Waals surface area contributed by atoms with Crippen LogP contribution in [0.5, 0.6) is 11.5 Å². The fraction of sp³-hybridized carbons (Fsp3) is 0.538. The van der Waals surface area contributed by atoms with Gasteiger partial charge < -0.3 is 20.3 Å². The van der Waals surface area contributed by atoms with Gasteiger partial charge in [0.15, 0.2) is 11.5 Å². The summed E-state index contributed by atoms with van der Waals surface area (Å²) < 4.78 is 5.13. The summed E-state index contributed by atoms with van der Waals surface area (Å²) in [5.41, 5.74) is 0.687. The van der Waals surface area contributed by atoms with Gasteiger partial charge in [0.1, 0.15) is 0 Å². The molecule has 0 heterocycles. The van der Waals surface area contributed by atoms with Gasteiger partial charge in [-0.2, -0.15) is 0 Å². The van der Waals surface area contributed by atoms with Crippen LogP contribution in [-0.2, 0) is 11.3 Å². The second-order valence-electron chi connectivity index (χ2n) is 4.47. The molecule has 0 spiro atoms. The number of aromatic hydroxyl groups is 2. The number of hydrogen-bond acceptors (Lipinski definition) is 4. The topological polar surface area (TPSA) is 61.7 Å². The Bertz CT molecular complexity index is 353. The number of phenolic OH excluding ortho intramolecular Hbond substituents is 2. The first-order valence-electron chi connectivity index (χ1n) is 5.78. The highest BCUT2D eigenvalue weighted by atomic mass is 16.5. The standard InChI is InChI=1S/C13H21NO3/c1-9(2)11(8-17-3)14-7-10-5-4-6-12(15)13(10)16/h4-6,9,11,14-16H,7-8H2,1-3H3. The molecule has 1 atom stereocenters. The molecule has 1 aromatic carbocycles. The minimum absolute atomic E-state index is 0.0556. The lowest BCUT2D eigenvalue weighted by atomic mass is 10.0. The normalized spacial score (nSPS) is 12.9. The van der Waals surface area contributed by atoms with Crippen molar-refractivity contribution >= 4 is 0 Å². The molecule has 4 heteroatoms. The van der Waals surface area contributed by atoms with Gasteiger partial charge in [-0.15, -0.1) is 0 Å². The molecule has 0 amide bonds. The Morgan fingerprint density at radius 3 is 2.59 bits per heavy atom. The second kappa shape index (κ2) is 6.47. The van der Waals surface area contributed by atoms with E-state index >= 15 is 0 Å². The number of ether oxygens (including phenoxy) is 1. The molecule has 1 rings (SSSR count). The van der Waals surface area contributed by atoms with Crippen LogP contribution < -0.4 is 5.32 Å². The van der Waals surface area contributed by atoms with Gasteiger partial charge in [0.25, 0.3) is 0 Å². The van der Waals surface area contributed by atoms with Gasteiger partial charge in [-0.05, 0) is 12.0 Å². The highest BCUT2D eigenvalue weighted by Crippen LogP contribution is 2.28. The highest BCUT2D eigenvalue weighted by Gasteiger charge is 2.13. The van der Waals surface area contributed by atoms with E-state index in [0.717, 1.165) is 0 Å². The number of benzene rings is 1. The largest absolute Gasteiger partial charge is 0.504 e. The summed E-state index contributed by atoms with van der Waals surface area (Å²) in [5, 5.41) is 22.3. The van der Waals surface area contributed by atoms with Crippen LogP contribution in [0.1, 0.15) is 19.4 Å². The number of rotatable bonds is 6. The summed E-state index contributed by atoms with van der Waals surface area (Å²) in [6, 6.07) is 5.19. The molecule has 17 heavy (non-hydrogen) atoms. The van der Waals surface area contributed by atoms with E-state index in [4.69, 9.17) is 4.74 Å². The molecular weight excluding hydrogens is 218 g/mol. The van der Waals surface area contributed by atoms with Crippen molar-refractivity contribution in [2.24, 2.45) is 5.92 Å². The van der Waals surface area contributed by atoms with Crippen LogP contribution in [0.2, 0.25) is 0 Å². The van der Waals surface area contributed by atoms with Gasteiger partial charge in [0.2, 0.25) is 0 Å². The molecule has 4 nitrogen and oxygen atoms in total. The van der Waals surface area contributed by atoms with Gasteiger partial charge in [0, 0.05) is 25.3 Å². The van der Waals surface area contributed by atoms with Crippen molar-refractivity contribution in [2.45, 2.75) is 26.4 Å². The first-order valence-corrected chi connectivity index (χ1v) is 5.78. The van der Waals surface area contributed by atoms with E-state index in [0.29, 0.717) is 24.6 Å². The summed E-state index contributed by atoms with van der Waals surface area (Å²) in [4.78, 5) is 0. The quantitative estimate of drug-likeness (QED) is 0.663. The molecule has 1 unspecified atom stereocenters. The molecule has 0 radical (unpaired) electrons. The fourth-order valence-corrected chi connectivity index (χ4v) is 1.63. The lowest BCUT2D eigenvalue weighted by Crippen LogP contribution is -2.37. The van der Waals surface area contributed by atoms with E-state index < -0.39 is 0 Å². The molecule has 0 aromatic heterocycles. The summed E-state index contributed by atoms with van der Waals surface area (Å²) in [7, 11) is 1.67. The van der Waals surface area contributed by atoms with Crippen molar-refractivity contribution in [1.82, 2.24) is 5.32 Å². The maximum atomic E-state index is 9.66. The molecule has 0 bridgehead atoms. The van der Waals surface area contributed by atoms with Crippen LogP contribution in [0.25, 0.3) is 0 Å². The van der Waals surface area contributed by atoms with Gasteiger partial charge in [-0.3, -0.25) is 0 Å². The fourth-order valence-electron chi connectivity index (χ4n) is 1.63. The van der Waals surface area contributed by atoms with Crippen molar-refractivity contribution in [1.29, 1.82) is 0 Å². The molecule has 0 aliphatic heterocycles. The third kappa shape index (κ3) is 3.91. The zero-order valence-corrected chi connectivity index (χ0v) is 10.6. The number of methoxy groups -OCH3 is 1. The summed E-state index contributed by atoms with van der Waals surface area (Å²) in [6.07, 6.45) is 0. The molecule has 96 valence electrons. The zero-order chi connectivity index (χ0) is 12.8. The van der Waals surface area contributed by atoms with E-state index in [2.05, 4.69) is 19.2 Å². The van der Waals surface area contributed by atoms with Gasteiger partial charge >= 0.3 is 0 Å². The molecule has 0 aliphatic carbocycles. The van der Waals surface area contributed by atoms with Crippen molar-refractivity contribution in [3.8, 4) is 11.5 Å². The molecule has 0 aliphatic rings. The van der Waals surface area contributed by atoms with Crippen molar-refractivity contribution in [2.75, 3.05) is 13.7 Å². The molecular formula is C13H21NO3. The maximum Gasteiger partial charge on any atom is 0.161 e. The average Bonchev–Trinajstić information content (AvgIpc) is 2.29. The van der Waals surface area contributed by atoms with E-state index in [1.54, 1.807) is 19.2 Å². The third-order valence-electron chi connectivity index (χ3n) is 2.80. The van der Waals surface area contributed by atoms with E-state index in [-0.39, 0.29) is 17.5 Å². The van der Waals surface area contributed by atoms with Crippen molar-refractivity contribution in [3.63, 3.8) is 0 Å². The van der Waals surface area contributed by atoms with Crippen LogP contribution in [-0.4, -0.2) is 30.0 Å². The smallest absolute Gasteiger partial charge is 0.161 e. The molecule has 0 saturated carbocycles.